The van der Waals surface area contributed by atoms with Crippen molar-refractivity contribution in [2.45, 2.75) is 38.9 Å². The molecule has 0 saturated carbocycles. The van der Waals surface area contributed by atoms with E-state index in [1.165, 1.54) is 6.07 Å². The SMILES string of the molecule is CC(C)(Oc1cc(OC(C)(C)c2ccc(-c3[c-]cc(F)cc3F)nc2)cc(-c2cccc(F)c2-c2cnc(-c3[c-]cccc3)cc2-c2ccc(-c3ccccc3)cc2)c1)c1ccc(-c2[c-]cc(F)cc2F)nc1.[Ir+3]. The average Bonchev–Trinajstić information content (AvgIpc) is 3.39. The normalized spacial score (nSPS) is 11.5. The molecule has 0 amide bonds. The minimum Gasteiger partial charge on any atom is -0.483 e. The van der Waals surface area contributed by atoms with Gasteiger partial charge < -0.3 is 24.4 Å². The summed E-state index contributed by atoms with van der Waals surface area (Å²) in [6, 6.07) is 56.9. The number of nitrogens with zero attached hydrogens (tertiary/aromatic N) is 3. The van der Waals surface area contributed by atoms with Crippen LogP contribution in [0.1, 0.15) is 38.8 Å². The second kappa shape index (κ2) is 21.2. The molecule has 0 saturated heterocycles. The van der Waals surface area contributed by atoms with Gasteiger partial charge in [0.1, 0.15) is 28.5 Å². The van der Waals surface area contributed by atoms with Crippen LogP contribution < -0.4 is 9.47 Å². The smallest absolute Gasteiger partial charge is 0.483 e. The summed E-state index contributed by atoms with van der Waals surface area (Å²) in [7, 11) is 0. The number of benzene rings is 7. The number of hydrogen-bond donors (Lipinski definition) is 0. The quantitative estimate of drug-likeness (QED) is 0.0850. The van der Waals surface area contributed by atoms with Crippen molar-refractivity contribution in [2.24, 2.45) is 0 Å². The fourth-order valence-corrected chi connectivity index (χ4v) is 8.74. The van der Waals surface area contributed by atoms with Gasteiger partial charge in [0.2, 0.25) is 0 Å². The number of rotatable bonds is 13. The van der Waals surface area contributed by atoms with Crippen LogP contribution in [0, 0.1) is 47.3 Å². The third-order valence-electron chi connectivity index (χ3n) is 12.6. The molecule has 74 heavy (non-hydrogen) atoms. The minimum atomic E-state index is -1.06. The summed E-state index contributed by atoms with van der Waals surface area (Å²) in [4.78, 5) is 13.9. The topological polar surface area (TPSA) is 57.1 Å². The molecule has 0 bridgehead atoms. The zero-order valence-electron chi connectivity index (χ0n) is 40.3. The van der Waals surface area contributed by atoms with Crippen LogP contribution in [0.2, 0.25) is 0 Å². The monoisotopic (exact) mass is 1160 g/mol. The number of pyridine rings is 3. The van der Waals surface area contributed by atoms with E-state index in [1.807, 2.05) is 131 Å². The maximum Gasteiger partial charge on any atom is 3.00 e. The summed E-state index contributed by atoms with van der Waals surface area (Å²) in [5, 5.41) is 0. The predicted octanol–water partition coefficient (Wildman–Crippen LogP) is 16.3. The standard InChI is InChI=1S/C63H43F5N3O2.Ir/c1-62(2,44-22-28-58(69-36-44)51-26-24-46(64)32-56(51)67)72-48-30-43(31-49(34-48)73-63(3,4)45-23-29-59(70-37-45)52-27-25-47(65)33-57(52)68)50-16-11-17-55(66)61(50)54-38-71-60(42-14-9-6-10-15-42)35-53(54)41-20-18-40(19-21-41)39-12-7-5-8-13-39;/h5-14,16-25,28-38H,1-4H3;/q-3;+3. The van der Waals surface area contributed by atoms with E-state index in [2.05, 4.69) is 28.2 Å². The molecule has 7 aromatic carbocycles. The maximum atomic E-state index is 17.0. The largest absolute Gasteiger partial charge is 3.00 e. The van der Waals surface area contributed by atoms with E-state index in [1.54, 1.807) is 55.0 Å². The van der Waals surface area contributed by atoms with Gasteiger partial charge in [-0.3, -0.25) is 17.6 Å². The molecule has 5 nitrogen and oxygen atoms in total. The molecule has 0 aliphatic carbocycles. The van der Waals surface area contributed by atoms with Crippen molar-refractivity contribution in [3.63, 3.8) is 0 Å². The van der Waals surface area contributed by atoms with Gasteiger partial charge in [0.15, 0.2) is 0 Å². The van der Waals surface area contributed by atoms with E-state index in [0.29, 0.717) is 45.0 Å². The predicted molar refractivity (Wildman–Crippen MR) is 274 cm³/mol. The third kappa shape index (κ3) is 10.8. The van der Waals surface area contributed by atoms with Gasteiger partial charge in [0, 0.05) is 70.2 Å². The Bertz CT molecular complexity index is 3490. The Hall–Kier alpha value is -8.11. The summed E-state index contributed by atoms with van der Waals surface area (Å²) in [6.45, 7) is 7.39. The first-order valence-electron chi connectivity index (χ1n) is 23.3. The van der Waals surface area contributed by atoms with Crippen molar-refractivity contribution in [2.75, 3.05) is 0 Å². The van der Waals surface area contributed by atoms with Crippen LogP contribution in [0.4, 0.5) is 22.0 Å². The van der Waals surface area contributed by atoms with Crippen molar-refractivity contribution in [3.05, 3.63) is 247 Å². The molecule has 3 heterocycles. The Morgan fingerprint density at radius 3 is 1.49 bits per heavy atom. The molecule has 0 aliphatic heterocycles. The molecule has 0 fully saturated rings. The fourth-order valence-electron chi connectivity index (χ4n) is 8.74. The van der Waals surface area contributed by atoms with E-state index in [9.17, 15) is 17.6 Å². The van der Waals surface area contributed by atoms with Crippen LogP contribution in [0.3, 0.4) is 0 Å². The first kappa shape index (κ1) is 50.8. The zero-order valence-corrected chi connectivity index (χ0v) is 42.7. The summed E-state index contributed by atoms with van der Waals surface area (Å²) in [6.07, 6.45) is 4.82. The van der Waals surface area contributed by atoms with Crippen molar-refractivity contribution >= 4 is 0 Å². The first-order chi connectivity index (χ1) is 35.2. The van der Waals surface area contributed by atoms with E-state index in [0.717, 1.165) is 52.1 Å². The van der Waals surface area contributed by atoms with Gasteiger partial charge in [-0.25, -0.2) is 4.39 Å². The third-order valence-corrected chi connectivity index (χ3v) is 12.6. The molecule has 0 radical (unpaired) electrons. The Labute approximate surface area is 439 Å². The molecule has 0 atom stereocenters. The van der Waals surface area contributed by atoms with Gasteiger partial charge in [-0.05, 0) is 96.4 Å². The van der Waals surface area contributed by atoms with Crippen molar-refractivity contribution in [3.8, 4) is 89.8 Å². The zero-order chi connectivity index (χ0) is 50.9. The second-order valence-corrected chi connectivity index (χ2v) is 18.4. The van der Waals surface area contributed by atoms with Crippen molar-refractivity contribution < 1.29 is 51.5 Å². The van der Waals surface area contributed by atoms with Gasteiger partial charge >= 0.3 is 20.1 Å². The van der Waals surface area contributed by atoms with Crippen LogP contribution >= 0.6 is 0 Å². The number of halogens is 5. The Morgan fingerprint density at radius 2 is 0.959 bits per heavy atom. The number of hydrogen-bond acceptors (Lipinski definition) is 5. The van der Waals surface area contributed by atoms with Crippen LogP contribution in [0.5, 0.6) is 11.5 Å². The summed E-state index contributed by atoms with van der Waals surface area (Å²) < 4.78 is 87.6. The van der Waals surface area contributed by atoms with E-state index in [-0.39, 0.29) is 48.2 Å². The first-order valence-corrected chi connectivity index (χ1v) is 23.3. The van der Waals surface area contributed by atoms with E-state index in [4.69, 9.17) is 14.5 Å². The van der Waals surface area contributed by atoms with Crippen LogP contribution in [-0.4, -0.2) is 15.0 Å². The minimum absolute atomic E-state index is 0. The van der Waals surface area contributed by atoms with Gasteiger partial charge in [0.05, 0.1) is 0 Å². The van der Waals surface area contributed by atoms with Gasteiger partial charge in [-0.2, -0.15) is 0 Å². The Balaban J connectivity index is 0.00000672. The molecular formula is C63H43F5IrN3O2. The molecule has 11 heteroatoms. The summed E-state index contributed by atoms with van der Waals surface area (Å²) in [5.41, 5.74) is 6.69. The van der Waals surface area contributed by atoms with E-state index >= 15 is 4.39 Å². The summed E-state index contributed by atoms with van der Waals surface area (Å²) >= 11 is 0. The Kier molecular flexibility index (Phi) is 14.5. The molecule has 10 rings (SSSR count). The summed E-state index contributed by atoms with van der Waals surface area (Å²) in [5.74, 6) is -2.86. The number of aromatic nitrogens is 3. The fraction of sp³-hybridized carbons (Fsp3) is 0.0952. The second-order valence-electron chi connectivity index (χ2n) is 18.4. The van der Waals surface area contributed by atoms with Crippen molar-refractivity contribution in [1.29, 1.82) is 0 Å². The van der Waals surface area contributed by atoms with Crippen molar-refractivity contribution in [1.82, 2.24) is 15.0 Å². The molecule has 0 spiro atoms. The Morgan fingerprint density at radius 1 is 0.419 bits per heavy atom. The van der Waals surface area contributed by atoms with Gasteiger partial charge in [-0.15, -0.1) is 60.2 Å². The molecule has 366 valence electrons. The van der Waals surface area contributed by atoms with Crippen LogP contribution in [0.25, 0.3) is 78.3 Å². The maximum absolute atomic E-state index is 17.0. The van der Waals surface area contributed by atoms with Crippen LogP contribution in [-0.2, 0) is 31.3 Å². The van der Waals surface area contributed by atoms with E-state index < -0.39 is 40.3 Å². The van der Waals surface area contributed by atoms with Gasteiger partial charge in [0.25, 0.3) is 0 Å². The molecule has 0 aliphatic rings. The molecule has 0 N–H and O–H groups in total. The van der Waals surface area contributed by atoms with Crippen LogP contribution in [0.15, 0.2) is 188 Å². The average molecular weight is 1160 g/mol. The molecule has 0 unspecified atom stereocenters. The molecule has 10 aromatic rings. The van der Waals surface area contributed by atoms with Gasteiger partial charge in [-0.1, -0.05) is 120 Å². The molecular weight excluding hydrogens is 1120 g/mol. The molecule has 3 aromatic heterocycles. The number of ether oxygens (including phenoxy) is 2.